The highest BCUT2D eigenvalue weighted by molar-refractivity contribution is 6.30. The second-order valence-electron chi connectivity index (χ2n) is 6.74. The molecule has 31 heavy (non-hydrogen) atoms. The number of hydrogen-bond donors (Lipinski definition) is 2. The minimum absolute atomic E-state index is 0.000970. The van der Waals surface area contributed by atoms with Gasteiger partial charge in [0.15, 0.2) is 18.9 Å². The Morgan fingerprint density at radius 2 is 1.87 bits per heavy atom. The molecule has 2 aromatic carbocycles. The first kappa shape index (κ1) is 23.3. The fraction of sp³-hybridized carbons (Fsp3) is 0.333. The molecule has 0 bridgehead atoms. The number of ether oxygens (including phenoxy) is 3. The lowest BCUT2D eigenvalue weighted by Crippen LogP contribution is -2.51. The highest BCUT2D eigenvalue weighted by Crippen LogP contribution is 2.20. The summed E-state index contributed by atoms with van der Waals surface area (Å²) in [6, 6.07) is 11.3. The van der Waals surface area contributed by atoms with Gasteiger partial charge in [0.1, 0.15) is 11.6 Å². The Hall–Kier alpha value is -2.39. The van der Waals surface area contributed by atoms with Crippen LogP contribution in [0.1, 0.15) is 5.56 Å². The number of carbonyl (C=O) groups is 2. The Kier molecular flexibility index (Phi) is 8.48. The lowest BCUT2D eigenvalue weighted by atomic mass is 10.1. The van der Waals surface area contributed by atoms with Crippen LogP contribution in [0, 0.1) is 5.82 Å². The molecule has 2 aromatic rings. The Morgan fingerprint density at radius 1 is 1.10 bits per heavy atom. The molecule has 1 aliphatic rings. The minimum atomic E-state index is -0.758. The second-order valence-corrected chi connectivity index (χ2v) is 7.59. The monoisotopic (exact) mass is 470 g/mol. The van der Waals surface area contributed by atoms with E-state index >= 15 is 0 Å². The van der Waals surface area contributed by atoms with Crippen LogP contribution in [-0.4, -0.2) is 50.5 Å². The van der Waals surface area contributed by atoms with Gasteiger partial charge in [-0.05, 0) is 36.2 Å². The summed E-state index contributed by atoms with van der Waals surface area (Å²) in [5.41, 5.74) is 1.05. The third-order valence-corrected chi connectivity index (χ3v) is 4.96. The molecule has 10 heteroatoms. The van der Waals surface area contributed by atoms with Crippen LogP contribution in [0.25, 0.3) is 0 Å². The maximum Gasteiger partial charge on any atom is 0.259 e. The van der Waals surface area contributed by atoms with E-state index in [4.69, 9.17) is 37.4 Å². The summed E-state index contributed by atoms with van der Waals surface area (Å²) in [4.78, 5) is 24.2. The van der Waals surface area contributed by atoms with E-state index in [-0.39, 0.29) is 36.5 Å². The summed E-state index contributed by atoms with van der Waals surface area (Å²) in [5.74, 6) is -1.23. The van der Waals surface area contributed by atoms with Crippen molar-refractivity contribution in [3.05, 3.63) is 63.9 Å². The van der Waals surface area contributed by atoms with Gasteiger partial charge in [-0.15, -0.1) is 0 Å². The Bertz CT molecular complexity index is 905. The molecule has 0 spiro atoms. The first-order valence-electron chi connectivity index (χ1n) is 9.53. The van der Waals surface area contributed by atoms with E-state index in [1.54, 1.807) is 12.1 Å². The van der Waals surface area contributed by atoms with E-state index in [0.717, 1.165) is 11.6 Å². The van der Waals surface area contributed by atoms with E-state index < -0.39 is 24.1 Å². The first-order valence-corrected chi connectivity index (χ1v) is 10.3. The lowest BCUT2D eigenvalue weighted by molar-refractivity contribution is -0.167. The van der Waals surface area contributed by atoms with Gasteiger partial charge in [0, 0.05) is 17.6 Å². The number of halogens is 3. The fourth-order valence-electron chi connectivity index (χ4n) is 2.77. The van der Waals surface area contributed by atoms with Crippen molar-refractivity contribution in [3.63, 3.8) is 0 Å². The molecule has 2 N–H and O–H groups in total. The maximum absolute atomic E-state index is 13.4. The predicted molar refractivity (Wildman–Crippen MR) is 113 cm³/mol. The molecule has 1 saturated heterocycles. The van der Waals surface area contributed by atoms with Crippen LogP contribution in [0.3, 0.4) is 0 Å². The summed E-state index contributed by atoms with van der Waals surface area (Å²) >= 11 is 11.4. The first-order chi connectivity index (χ1) is 14.9. The fourth-order valence-corrected chi connectivity index (χ4v) is 3.01. The van der Waals surface area contributed by atoms with Crippen LogP contribution < -0.4 is 15.4 Å². The average Bonchev–Trinajstić information content (AvgIpc) is 2.76. The minimum Gasteiger partial charge on any atom is -0.484 e. The topological polar surface area (TPSA) is 85.9 Å². The van der Waals surface area contributed by atoms with Crippen LogP contribution in [0.15, 0.2) is 42.5 Å². The van der Waals surface area contributed by atoms with Crippen molar-refractivity contribution in [3.8, 4) is 5.75 Å². The third-order valence-electron chi connectivity index (χ3n) is 4.40. The zero-order valence-electron chi connectivity index (χ0n) is 16.4. The summed E-state index contributed by atoms with van der Waals surface area (Å²) < 4.78 is 29.6. The molecule has 166 valence electrons. The summed E-state index contributed by atoms with van der Waals surface area (Å²) in [6.07, 6.45) is -0.810. The van der Waals surface area contributed by atoms with Crippen LogP contribution in [-0.2, 0) is 25.5 Å². The molecule has 2 atom stereocenters. The molecular weight excluding hydrogens is 450 g/mol. The van der Waals surface area contributed by atoms with Crippen LogP contribution in [0.5, 0.6) is 5.75 Å². The van der Waals surface area contributed by atoms with Gasteiger partial charge in [-0.2, -0.15) is 0 Å². The van der Waals surface area contributed by atoms with Gasteiger partial charge in [-0.25, -0.2) is 4.39 Å². The number of amides is 2. The van der Waals surface area contributed by atoms with Crippen molar-refractivity contribution in [1.29, 1.82) is 0 Å². The van der Waals surface area contributed by atoms with Gasteiger partial charge in [0.25, 0.3) is 11.8 Å². The van der Waals surface area contributed by atoms with Crippen molar-refractivity contribution >= 4 is 35.0 Å². The number of nitrogens with one attached hydrogen (secondary N) is 2. The molecule has 0 aromatic heterocycles. The molecule has 7 nitrogen and oxygen atoms in total. The number of rotatable bonds is 8. The van der Waals surface area contributed by atoms with Crippen molar-refractivity contribution in [2.24, 2.45) is 0 Å². The molecule has 1 fully saturated rings. The second kappa shape index (κ2) is 11.3. The Labute approximate surface area is 188 Å². The summed E-state index contributed by atoms with van der Waals surface area (Å²) in [5, 5.41) is 5.99. The molecule has 2 amide bonds. The third kappa shape index (κ3) is 7.36. The zero-order valence-corrected chi connectivity index (χ0v) is 17.9. The van der Waals surface area contributed by atoms with E-state index in [1.165, 1.54) is 12.1 Å². The van der Waals surface area contributed by atoms with Gasteiger partial charge in [0.05, 0.1) is 18.2 Å². The van der Waals surface area contributed by atoms with Crippen LogP contribution >= 0.6 is 23.2 Å². The molecule has 0 aliphatic carbocycles. The SMILES string of the molecule is O=C(COc1ccc(Cl)c(F)c1)N[C@H]1CO[C@H](C(=O)NCCc2ccc(Cl)cc2)CO1. The van der Waals surface area contributed by atoms with E-state index in [0.29, 0.717) is 18.0 Å². The van der Waals surface area contributed by atoms with E-state index in [9.17, 15) is 14.0 Å². The lowest BCUT2D eigenvalue weighted by Gasteiger charge is -2.29. The van der Waals surface area contributed by atoms with Gasteiger partial charge in [0.2, 0.25) is 0 Å². The van der Waals surface area contributed by atoms with Crippen molar-refractivity contribution in [1.82, 2.24) is 10.6 Å². The molecule has 0 radical (unpaired) electrons. The highest BCUT2D eigenvalue weighted by Gasteiger charge is 2.28. The van der Waals surface area contributed by atoms with Crippen molar-refractivity contribution in [2.45, 2.75) is 18.8 Å². The largest absolute Gasteiger partial charge is 0.484 e. The van der Waals surface area contributed by atoms with Gasteiger partial charge < -0.3 is 24.8 Å². The number of hydrogen-bond acceptors (Lipinski definition) is 5. The molecule has 0 saturated carbocycles. The molecular formula is C21H21Cl2FN2O5. The Morgan fingerprint density at radius 3 is 2.55 bits per heavy atom. The molecule has 3 rings (SSSR count). The van der Waals surface area contributed by atoms with Crippen LogP contribution in [0.4, 0.5) is 4.39 Å². The normalized spacial score (nSPS) is 18.3. The van der Waals surface area contributed by atoms with Crippen molar-refractivity contribution < 1.29 is 28.2 Å². The summed E-state index contributed by atoms with van der Waals surface area (Å²) in [6.45, 7) is 0.121. The number of benzene rings is 2. The van der Waals surface area contributed by atoms with Gasteiger partial charge in [-0.1, -0.05) is 35.3 Å². The number of carbonyl (C=O) groups excluding carboxylic acids is 2. The zero-order chi connectivity index (χ0) is 22.2. The standard InChI is InChI=1S/C21H21Cl2FN2O5/c22-14-3-1-13(2-4-14)7-8-25-21(28)18-10-31-20(12-30-18)26-19(27)11-29-15-5-6-16(23)17(24)9-15/h1-6,9,18,20H,7-8,10-12H2,(H,25,28)(H,26,27)/t18-,20+/m0/s1. The smallest absolute Gasteiger partial charge is 0.259 e. The predicted octanol–water partition coefficient (Wildman–Crippen LogP) is 2.73. The van der Waals surface area contributed by atoms with Gasteiger partial charge >= 0.3 is 0 Å². The Balaban J connectivity index is 1.32. The highest BCUT2D eigenvalue weighted by atomic mass is 35.5. The van der Waals surface area contributed by atoms with E-state index in [2.05, 4.69) is 10.6 Å². The van der Waals surface area contributed by atoms with Crippen molar-refractivity contribution in [2.75, 3.05) is 26.4 Å². The van der Waals surface area contributed by atoms with Gasteiger partial charge in [-0.3, -0.25) is 9.59 Å². The van der Waals surface area contributed by atoms with Crippen LogP contribution in [0.2, 0.25) is 10.0 Å². The average molecular weight is 471 g/mol. The summed E-state index contributed by atoms with van der Waals surface area (Å²) in [7, 11) is 0. The molecule has 1 aliphatic heterocycles. The van der Waals surface area contributed by atoms with E-state index in [1.807, 2.05) is 12.1 Å². The molecule has 1 heterocycles. The quantitative estimate of drug-likeness (QED) is 0.619. The maximum atomic E-state index is 13.4. The molecule has 0 unspecified atom stereocenters.